The van der Waals surface area contributed by atoms with Crippen molar-refractivity contribution in [3.05, 3.63) is 16.6 Å². The summed E-state index contributed by atoms with van der Waals surface area (Å²) in [6.07, 6.45) is 1.76. The van der Waals surface area contributed by atoms with Crippen molar-refractivity contribution >= 4 is 23.2 Å². The molecule has 1 aliphatic carbocycles. The van der Waals surface area contributed by atoms with Gasteiger partial charge in [-0.1, -0.05) is 0 Å². The number of carboxylic acids is 1. The Labute approximate surface area is 96.7 Å². The van der Waals surface area contributed by atoms with Crippen LogP contribution in [-0.4, -0.2) is 32.9 Å². The van der Waals surface area contributed by atoms with E-state index in [9.17, 15) is 14.7 Å². The van der Waals surface area contributed by atoms with E-state index < -0.39 is 12.0 Å². The number of carboxylic acid groups (broad SMARTS) is 1. The number of carbonyl (C=O) groups excluding carboxylic acids is 1. The topological polar surface area (TPSA) is 70.5 Å². The first-order valence-electron chi connectivity index (χ1n) is 5.01. The fraction of sp³-hybridized carbons (Fsp3) is 0.500. The van der Waals surface area contributed by atoms with E-state index in [2.05, 4.69) is 4.98 Å². The van der Waals surface area contributed by atoms with E-state index in [-0.39, 0.29) is 11.9 Å². The number of amides is 1. The number of carbonyl (C=O) groups is 2. The standard InChI is InChI=1S/C10H12N2O3S/c1-6(13)12(7-2-3-7)9(10(14)15)8-4-16-5-11-8/h4-5,7,9H,2-3H2,1H3,(H,14,15). The van der Waals surface area contributed by atoms with Crippen molar-refractivity contribution in [1.29, 1.82) is 0 Å². The molecule has 16 heavy (non-hydrogen) atoms. The van der Waals surface area contributed by atoms with Gasteiger partial charge in [-0.05, 0) is 12.8 Å². The number of nitrogens with zero attached hydrogens (tertiary/aromatic N) is 2. The Morgan fingerprint density at radius 2 is 2.31 bits per heavy atom. The van der Waals surface area contributed by atoms with Crippen LogP contribution in [0.15, 0.2) is 10.9 Å². The second-order valence-corrected chi connectivity index (χ2v) is 4.53. The third kappa shape index (κ3) is 2.06. The van der Waals surface area contributed by atoms with Crippen LogP contribution in [-0.2, 0) is 9.59 Å². The summed E-state index contributed by atoms with van der Waals surface area (Å²) >= 11 is 1.33. The van der Waals surface area contributed by atoms with E-state index in [0.717, 1.165) is 12.8 Å². The maximum atomic E-state index is 11.5. The van der Waals surface area contributed by atoms with Crippen LogP contribution in [0.1, 0.15) is 31.5 Å². The molecule has 1 aliphatic rings. The molecule has 1 atom stereocenters. The predicted octanol–water partition coefficient (Wildman–Crippen LogP) is 1.28. The quantitative estimate of drug-likeness (QED) is 0.860. The zero-order valence-corrected chi connectivity index (χ0v) is 9.61. The zero-order chi connectivity index (χ0) is 11.7. The highest BCUT2D eigenvalue weighted by atomic mass is 32.1. The third-order valence-electron chi connectivity index (χ3n) is 2.55. The molecule has 6 heteroatoms. The maximum absolute atomic E-state index is 11.5. The maximum Gasteiger partial charge on any atom is 0.332 e. The molecule has 5 nitrogen and oxygen atoms in total. The van der Waals surface area contributed by atoms with Crippen molar-refractivity contribution in [3.63, 3.8) is 0 Å². The molecule has 0 aromatic carbocycles. The number of rotatable bonds is 4. The lowest BCUT2D eigenvalue weighted by Crippen LogP contribution is -2.39. The molecule has 0 spiro atoms. The minimum atomic E-state index is -1.02. The minimum absolute atomic E-state index is 0.0697. The SMILES string of the molecule is CC(=O)N(C1CC1)C(C(=O)O)c1cscn1. The molecule has 1 amide bonds. The van der Waals surface area contributed by atoms with Gasteiger partial charge in [-0.3, -0.25) is 4.79 Å². The molecule has 0 bridgehead atoms. The van der Waals surface area contributed by atoms with Gasteiger partial charge in [-0.2, -0.15) is 0 Å². The van der Waals surface area contributed by atoms with Crippen molar-refractivity contribution in [2.45, 2.75) is 31.8 Å². The van der Waals surface area contributed by atoms with Gasteiger partial charge < -0.3 is 10.0 Å². The molecule has 1 unspecified atom stereocenters. The molecule has 1 aromatic heterocycles. The predicted molar refractivity (Wildman–Crippen MR) is 58.0 cm³/mol. The summed E-state index contributed by atoms with van der Waals surface area (Å²) in [5.74, 6) is -1.23. The second kappa shape index (κ2) is 4.21. The molecular weight excluding hydrogens is 228 g/mol. The first-order valence-corrected chi connectivity index (χ1v) is 5.95. The smallest absolute Gasteiger partial charge is 0.332 e. The summed E-state index contributed by atoms with van der Waals surface area (Å²) in [6.45, 7) is 1.40. The molecule has 1 aromatic rings. The Bertz CT molecular complexity index is 400. The van der Waals surface area contributed by atoms with Gasteiger partial charge in [0.2, 0.25) is 5.91 Å². The Morgan fingerprint density at radius 3 is 2.69 bits per heavy atom. The Balaban J connectivity index is 2.30. The summed E-state index contributed by atoms with van der Waals surface area (Å²) in [4.78, 5) is 28.2. The number of thiazole rings is 1. The van der Waals surface area contributed by atoms with Crippen LogP contribution >= 0.6 is 11.3 Å². The summed E-state index contributed by atoms with van der Waals surface area (Å²) in [5, 5.41) is 10.9. The largest absolute Gasteiger partial charge is 0.479 e. The van der Waals surface area contributed by atoms with Crippen LogP contribution < -0.4 is 0 Å². The van der Waals surface area contributed by atoms with Gasteiger partial charge in [-0.15, -0.1) is 11.3 Å². The van der Waals surface area contributed by atoms with Crippen LogP contribution in [0.3, 0.4) is 0 Å². The number of hydrogen-bond acceptors (Lipinski definition) is 4. The van der Waals surface area contributed by atoms with Gasteiger partial charge in [0.25, 0.3) is 0 Å². The van der Waals surface area contributed by atoms with Crippen molar-refractivity contribution < 1.29 is 14.7 Å². The normalized spacial score (nSPS) is 16.8. The Morgan fingerprint density at radius 1 is 1.62 bits per heavy atom. The van der Waals surface area contributed by atoms with Crippen LogP contribution in [0, 0.1) is 0 Å². The number of aromatic nitrogens is 1. The fourth-order valence-electron chi connectivity index (χ4n) is 1.75. The van der Waals surface area contributed by atoms with E-state index in [1.165, 1.54) is 23.2 Å². The van der Waals surface area contributed by atoms with Crippen molar-refractivity contribution in [2.24, 2.45) is 0 Å². The van der Waals surface area contributed by atoms with Crippen LogP contribution in [0.4, 0.5) is 0 Å². The molecule has 1 heterocycles. The molecule has 0 aliphatic heterocycles. The summed E-state index contributed by atoms with van der Waals surface area (Å²) in [6, 6.07) is -0.864. The molecule has 0 radical (unpaired) electrons. The van der Waals surface area contributed by atoms with E-state index in [4.69, 9.17) is 0 Å². The van der Waals surface area contributed by atoms with Gasteiger partial charge in [0.15, 0.2) is 6.04 Å². The molecule has 0 saturated heterocycles. The summed E-state index contributed by atoms with van der Waals surface area (Å²) < 4.78 is 0. The number of aliphatic carboxylic acids is 1. The van der Waals surface area contributed by atoms with E-state index in [1.807, 2.05) is 0 Å². The van der Waals surface area contributed by atoms with E-state index in [0.29, 0.717) is 5.69 Å². The first kappa shape index (κ1) is 11.1. The highest BCUT2D eigenvalue weighted by molar-refractivity contribution is 7.07. The van der Waals surface area contributed by atoms with Gasteiger partial charge >= 0.3 is 5.97 Å². The van der Waals surface area contributed by atoms with E-state index >= 15 is 0 Å². The highest BCUT2D eigenvalue weighted by Gasteiger charge is 2.40. The molecular formula is C10H12N2O3S. The first-order chi connectivity index (χ1) is 7.61. The van der Waals surface area contributed by atoms with Crippen molar-refractivity contribution in [1.82, 2.24) is 9.88 Å². The highest BCUT2D eigenvalue weighted by Crippen LogP contribution is 2.34. The summed E-state index contributed by atoms with van der Waals surface area (Å²) in [7, 11) is 0. The lowest BCUT2D eigenvalue weighted by atomic mass is 10.2. The average molecular weight is 240 g/mol. The minimum Gasteiger partial charge on any atom is -0.479 e. The lowest BCUT2D eigenvalue weighted by Gasteiger charge is -2.26. The molecule has 1 saturated carbocycles. The molecule has 2 rings (SSSR count). The van der Waals surface area contributed by atoms with Gasteiger partial charge in [0, 0.05) is 18.3 Å². The van der Waals surface area contributed by atoms with Crippen LogP contribution in [0.2, 0.25) is 0 Å². The average Bonchev–Trinajstić information content (AvgIpc) is 2.89. The van der Waals surface area contributed by atoms with Gasteiger partial charge in [0.1, 0.15) is 0 Å². The third-order valence-corrected chi connectivity index (χ3v) is 3.15. The van der Waals surface area contributed by atoms with E-state index in [1.54, 1.807) is 10.9 Å². The Kier molecular flexibility index (Phi) is 2.91. The monoisotopic (exact) mass is 240 g/mol. The van der Waals surface area contributed by atoms with Gasteiger partial charge in [-0.25, -0.2) is 9.78 Å². The zero-order valence-electron chi connectivity index (χ0n) is 8.79. The Hall–Kier alpha value is -1.43. The van der Waals surface area contributed by atoms with Crippen LogP contribution in [0.5, 0.6) is 0 Å². The summed E-state index contributed by atoms with van der Waals surface area (Å²) in [5.41, 5.74) is 2.02. The lowest BCUT2D eigenvalue weighted by molar-refractivity contribution is -0.150. The van der Waals surface area contributed by atoms with Crippen molar-refractivity contribution in [2.75, 3.05) is 0 Å². The fourth-order valence-corrected chi connectivity index (χ4v) is 2.32. The van der Waals surface area contributed by atoms with Crippen molar-refractivity contribution in [3.8, 4) is 0 Å². The second-order valence-electron chi connectivity index (χ2n) is 3.81. The molecule has 1 fully saturated rings. The van der Waals surface area contributed by atoms with Gasteiger partial charge in [0.05, 0.1) is 11.2 Å². The number of hydrogen-bond donors (Lipinski definition) is 1. The molecule has 1 N–H and O–H groups in total. The molecule has 86 valence electrons. The van der Waals surface area contributed by atoms with Crippen LogP contribution in [0.25, 0.3) is 0 Å².